The topological polar surface area (TPSA) is 55.4 Å². The van der Waals surface area contributed by atoms with Crippen molar-refractivity contribution >= 4 is 39.1 Å². The lowest BCUT2D eigenvalue weighted by atomic mass is 10.3. The van der Waals surface area contributed by atoms with Gasteiger partial charge in [-0.25, -0.2) is 31.8 Å². The largest absolute Gasteiger partial charge is 0.699 e. The van der Waals surface area contributed by atoms with E-state index in [1.54, 1.807) is 21.3 Å². The van der Waals surface area contributed by atoms with Gasteiger partial charge in [0.25, 0.3) is 0 Å². The molecule has 0 amide bonds. The van der Waals surface area contributed by atoms with Gasteiger partial charge in [-0.3, -0.25) is 24.9 Å². The fourth-order valence-electron chi connectivity index (χ4n) is 0.734. The minimum Gasteiger partial charge on any atom is -0.289 e. The third-order valence-electron chi connectivity index (χ3n) is 2.14. The molecule has 0 spiro atoms. The van der Waals surface area contributed by atoms with Crippen LogP contribution in [-0.2, 0) is 24.9 Å². The smallest absolute Gasteiger partial charge is 0.289 e. The van der Waals surface area contributed by atoms with E-state index in [4.69, 9.17) is 24.9 Å². The summed E-state index contributed by atoms with van der Waals surface area (Å²) < 4.78 is 33.2. The lowest BCUT2D eigenvalue weighted by Gasteiger charge is -2.43. The average molecular weight is 338 g/mol. The minimum atomic E-state index is -1.71. The first-order valence-electron chi connectivity index (χ1n) is 5.38. The molecule has 0 atom stereocenters. The summed E-state index contributed by atoms with van der Waals surface area (Å²) in [6.07, 6.45) is 11.1. The van der Waals surface area contributed by atoms with Gasteiger partial charge in [0, 0.05) is 37.5 Å². The van der Waals surface area contributed by atoms with Crippen LogP contribution in [0.2, 0.25) is 0 Å². The van der Waals surface area contributed by atoms with Crippen LogP contribution in [0.15, 0.2) is 0 Å². The summed E-state index contributed by atoms with van der Waals surface area (Å²) >= 11 is 0. The second kappa shape index (κ2) is 7.76. The van der Waals surface area contributed by atoms with Gasteiger partial charge in [-0.2, -0.15) is 0 Å². The molecule has 0 unspecified atom stereocenters. The molecule has 120 valence electrons. The summed E-state index contributed by atoms with van der Waals surface area (Å²) in [5, 5.41) is 0. The van der Waals surface area contributed by atoms with Crippen molar-refractivity contribution in [1.29, 1.82) is 0 Å². The molecule has 0 aromatic heterocycles. The second-order valence-corrected chi connectivity index (χ2v) is 12.9. The molecule has 0 aromatic carbocycles. The molecule has 0 radical (unpaired) electrons. The van der Waals surface area contributed by atoms with Gasteiger partial charge in [0.2, 0.25) is 0 Å². The Labute approximate surface area is 123 Å². The van der Waals surface area contributed by atoms with Crippen molar-refractivity contribution in [2.24, 2.45) is 0 Å². The van der Waals surface area contributed by atoms with E-state index in [1.165, 1.54) is 0 Å². The predicted molar refractivity (Wildman–Crippen MR) is 88.4 cm³/mol. The van der Waals surface area contributed by atoms with Crippen LogP contribution in [0.3, 0.4) is 0 Å². The molecule has 0 heterocycles. The molecule has 0 saturated heterocycles. The Bertz CT molecular complexity index is 234. The van der Waals surface area contributed by atoms with Crippen molar-refractivity contribution in [1.82, 2.24) is 0 Å². The van der Waals surface area contributed by atoms with Crippen molar-refractivity contribution in [3.8, 4) is 0 Å². The van der Waals surface area contributed by atoms with Crippen LogP contribution in [0.25, 0.3) is 0 Å². The molecule has 6 nitrogen and oxygen atoms in total. The molecule has 0 fully saturated rings. The SMILES string of the molecule is COS(C)(C)OB(OS(C)(C)OC)OS(C)(C)OC. The van der Waals surface area contributed by atoms with Crippen molar-refractivity contribution in [3.63, 3.8) is 0 Å². The molecule has 0 saturated carbocycles. The number of rotatable bonds is 9. The van der Waals surface area contributed by atoms with Gasteiger partial charge >= 0.3 is 7.32 Å². The van der Waals surface area contributed by atoms with E-state index in [-0.39, 0.29) is 0 Å². The predicted octanol–water partition coefficient (Wildman–Crippen LogP) is 2.64. The van der Waals surface area contributed by atoms with Crippen LogP contribution < -0.4 is 0 Å². The Hall–Kier alpha value is 0.875. The zero-order valence-electron chi connectivity index (χ0n) is 13.3. The van der Waals surface area contributed by atoms with E-state index in [0.29, 0.717) is 0 Å². The van der Waals surface area contributed by atoms with Crippen LogP contribution in [-0.4, -0.2) is 66.2 Å². The third kappa shape index (κ3) is 8.69. The maximum absolute atomic E-state index is 5.76. The first-order valence-corrected chi connectivity index (χ1v) is 12.3. The summed E-state index contributed by atoms with van der Waals surface area (Å²) in [5.74, 6) is 0. The highest BCUT2D eigenvalue weighted by Gasteiger charge is 2.36. The van der Waals surface area contributed by atoms with Gasteiger partial charge < -0.3 is 0 Å². The second-order valence-electron chi connectivity index (χ2n) is 4.51. The zero-order chi connectivity index (χ0) is 15.3. The van der Waals surface area contributed by atoms with Gasteiger partial charge in [0.15, 0.2) is 0 Å². The Kier molecular flexibility index (Phi) is 8.12. The summed E-state index contributed by atoms with van der Waals surface area (Å²) in [4.78, 5) is 0. The Balaban J connectivity index is 4.84. The lowest BCUT2D eigenvalue weighted by molar-refractivity contribution is 0.287. The standard InChI is InChI=1S/C9H27BO6S3/c1-11-17(4,5)14-10(15-18(6,7)12-2)16-19(8,9)13-3/h1-9H3. The monoisotopic (exact) mass is 338 g/mol. The van der Waals surface area contributed by atoms with E-state index in [2.05, 4.69) is 0 Å². The van der Waals surface area contributed by atoms with Crippen molar-refractivity contribution in [2.75, 3.05) is 58.9 Å². The normalized spacial score (nSPS) is 16.3. The lowest BCUT2D eigenvalue weighted by Crippen LogP contribution is -2.31. The molecule has 0 aliphatic rings. The summed E-state index contributed by atoms with van der Waals surface area (Å²) in [6.45, 7) is 0. The highest BCUT2D eigenvalue weighted by Crippen LogP contribution is 2.51. The maximum atomic E-state index is 5.76. The molecule has 0 aromatic rings. The van der Waals surface area contributed by atoms with Crippen molar-refractivity contribution < 1.29 is 24.9 Å². The van der Waals surface area contributed by atoms with Crippen molar-refractivity contribution in [2.45, 2.75) is 0 Å². The number of hydrogen-bond donors (Lipinski definition) is 0. The Morgan fingerprint density at radius 1 is 0.526 bits per heavy atom. The maximum Gasteiger partial charge on any atom is 0.699 e. The Morgan fingerprint density at radius 2 is 0.737 bits per heavy atom. The van der Waals surface area contributed by atoms with Gasteiger partial charge in [-0.1, -0.05) is 0 Å². The first kappa shape index (κ1) is 19.9. The van der Waals surface area contributed by atoms with Gasteiger partial charge in [0.05, 0.1) is 21.3 Å². The van der Waals surface area contributed by atoms with E-state index in [9.17, 15) is 0 Å². The van der Waals surface area contributed by atoms with Crippen LogP contribution in [0.1, 0.15) is 0 Å². The fourth-order valence-corrected chi connectivity index (χ4v) is 2.49. The first-order chi connectivity index (χ1) is 8.47. The molecule has 0 rings (SSSR count). The van der Waals surface area contributed by atoms with E-state index in [0.717, 1.165) is 0 Å². The average Bonchev–Trinajstić information content (AvgIpc) is 2.27. The molecular formula is C9H27BO6S3. The molecular weight excluding hydrogens is 311 g/mol. The molecule has 0 aliphatic heterocycles. The molecule has 19 heavy (non-hydrogen) atoms. The molecule has 0 bridgehead atoms. The quantitative estimate of drug-likeness (QED) is 0.603. The van der Waals surface area contributed by atoms with Gasteiger partial charge in [0.1, 0.15) is 0 Å². The minimum absolute atomic E-state index is 0.889. The summed E-state index contributed by atoms with van der Waals surface area (Å²) in [6, 6.07) is 0. The molecule has 10 heteroatoms. The highest BCUT2D eigenvalue weighted by molar-refractivity contribution is 8.27. The molecule has 0 aliphatic carbocycles. The van der Waals surface area contributed by atoms with E-state index >= 15 is 0 Å². The van der Waals surface area contributed by atoms with Crippen LogP contribution >= 0.6 is 31.8 Å². The van der Waals surface area contributed by atoms with Gasteiger partial charge in [-0.05, 0) is 0 Å². The van der Waals surface area contributed by atoms with Crippen molar-refractivity contribution in [3.05, 3.63) is 0 Å². The summed E-state index contributed by atoms with van der Waals surface area (Å²) in [5.41, 5.74) is 0. The number of hydrogen-bond acceptors (Lipinski definition) is 6. The fraction of sp³-hybridized carbons (Fsp3) is 1.00. The molecule has 0 N–H and O–H groups in total. The third-order valence-corrected chi connectivity index (χ3v) is 6.41. The summed E-state index contributed by atoms with van der Waals surface area (Å²) in [7, 11) is -1.26. The van der Waals surface area contributed by atoms with Crippen LogP contribution in [0.5, 0.6) is 0 Å². The van der Waals surface area contributed by atoms with E-state index < -0.39 is 39.1 Å². The van der Waals surface area contributed by atoms with Crippen LogP contribution in [0, 0.1) is 0 Å². The zero-order valence-corrected chi connectivity index (χ0v) is 15.7. The van der Waals surface area contributed by atoms with E-state index in [1.807, 2.05) is 37.5 Å². The van der Waals surface area contributed by atoms with Crippen LogP contribution in [0.4, 0.5) is 0 Å². The van der Waals surface area contributed by atoms with Gasteiger partial charge in [-0.15, -0.1) is 0 Å². The Morgan fingerprint density at radius 3 is 0.895 bits per heavy atom. The highest BCUT2D eigenvalue weighted by atomic mass is 32.3.